The molecule has 5 heteroatoms. The van der Waals surface area contributed by atoms with Crippen LogP contribution in [0.4, 0.5) is 0 Å². The minimum absolute atomic E-state index is 0.109. The van der Waals surface area contributed by atoms with Crippen molar-refractivity contribution >= 4 is 0 Å². The number of nitrogens with zero attached hydrogens (tertiary/aromatic N) is 2. The third-order valence-electron chi connectivity index (χ3n) is 1.38. The summed E-state index contributed by atoms with van der Waals surface area (Å²) in [6.07, 6.45) is 2.36. The monoisotopic (exact) mass is 157 g/mol. The van der Waals surface area contributed by atoms with E-state index in [4.69, 9.17) is 10.3 Å². The Morgan fingerprint density at radius 2 is 2.36 bits per heavy atom. The highest BCUT2D eigenvalue weighted by molar-refractivity contribution is 4.93. The predicted octanol–water partition coefficient (Wildman–Crippen LogP) is -0.559. The van der Waals surface area contributed by atoms with Crippen LogP contribution in [0.2, 0.25) is 0 Å². The molecule has 1 aromatic heterocycles. The quantitative estimate of drug-likeness (QED) is 0.424. The summed E-state index contributed by atoms with van der Waals surface area (Å²) in [7, 11) is 0. The lowest BCUT2D eigenvalue weighted by atomic mass is 10.4. The smallest absolute Gasteiger partial charge is 0.284 e. The summed E-state index contributed by atoms with van der Waals surface area (Å²) in [5.74, 6) is 0. The third kappa shape index (κ3) is 1.38. The maximum atomic E-state index is 10.9. The Labute approximate surface area is 62.7 Å². The van der Waals surface area contributed by atoms with Gasteiger partial charge in [0.25, 0.3) is 11.9 Å². The second kappa shape index (κ2) is 2.71. The van der Waals surface area contributed by atoms with Crippen molar-refractivity contribution in [3.05, 3.63) is 28.7 Å². The molecule has 5 nitrogen and oxygen atoms in total. The Kier molecular flexibility index (Phi) is 1.91. The summed E-state index contributed by atoms with van der Waals surface area (Å²) in [4.78, 5) is 10.9. The summed E-state index contributed by atoms with van der Waals surface area (Å²) in [6, 6.07) is 0. The van der Waals surface area contributed by atoms with Crippen LogP contribution < -0.4 is 4.43 Å². The van der Waals surface area contributed by atoms with Gasteiger partial charge in [-0.1, -0.05) is 0 Å². The number of aryl methyl sites for hydroxylation is 1. The van der Waals surface area contributed by atoms with Crippen molar-refractivity contribution in [1.29, 1.82) is 0 Å². The first-order valence-electron chi connectivity index (χ1n) is 3.09. The SMILES string of the molecule is Cc1c[n+](=O)c(CO)cn1O. The number of aliphatic hydroxyl groups excluding tert-OH is 1. The van der Waals surface area contributed by atoms with Gasteiger partial charge in [0.2, 0.25) is 0 Å². The van der Waals surface area contributed by atoms with Crippen LogP contribution in [0.3, 0.4) is 0 Å². The highest BCUT2D eigenvalue weighted by Gasteiger charge is 2.09. The van der Waals surface area contributed by atoms with Gasteiger partial charge in [0, 0.05) is 4.91 Å². The first-order chi connectivity index (χ1) is 5.15. The summed E-state index contributed by atoms with van der Waals surface area (Å²) < 4.78 is 1.31. The van der Waals surface area contributed by atoms with Crippen molar-refractivity contribution in [2.45, 2.75) is 13.5 Å². The number of rotatable bonds is 1. The zero-order chi connectivity index (χ0) is 8.43. The first-order valence-corrected chi connectivity index (χ1v) is 3.09. The Morgan fingerprint density at radius 3 is 2.91 bits per heavy atom. The van der Waals surface area contributed by atoms with Gasteiger partial charge in [-0.2, -0.15) is 4.73 Å². The molecule has 0 radical (unpaired) electrons. The van der Waals surface area contributed by atoms with Gasteiger partial charge in [-0.3, -0.25) is 0 Å². The molecule has 11 heavy (non-hydrogen) atoms. The summed E-state index contributed by atoms with van der Waals surface area (Å²) >= 11 is 0. The first kappa shape index (κ1) is 7.74. The molecule has 0 aromatic carbocycles. The molecule has 0 amide bonds. The maximum absolute atomic E-state index is 10.9. The van der Waals surface area contributed by atoms with Crippen molar-refractivity contribution in [3.63, 3.8) is 0 Å². The van der Waals surface area contributed by atoms with Crippen LogP contribution in [-0.4, -0.2) is 15.0 Å². The molecule has 1 rings (SSSR count). The minimum Gasteiger partial charge on any atom is -0.428 e. The summed E-state index contributed by atoms with van der Waals surface area (Å²) in [5, 5.41) is 17.6. The molecule has 1 aromatic rings. The van der Waals surface area contributed by atoms with Crippen LogP contribution >= 0.6 is 0 Å². The van der Waals surface area contributed by atoms with E-state index in [-0.39, 0.29) is 12.3 Å². The lowest BCUT2D eigenvalue weighted by Crippen LogP contribution is -2.23. The minimum atomic E-state index is -0.385. The fourth-order valence-electron chi connectivity index (χ4n) is 0.722. The zero-order valence-corrected chi connectivity index (χ0v) is 6.06. The molecule has 1 heterocycles. The highest BCUT2D eigenvalue weighted by atomic mass is 16.5. The van der Waals surface area contributed by atoms with Crippen LogP contribution in [0, 0.1) is 11.8 Å². The molecule has 0 bridgehead atoms. The lowest BCUT2D eigenvalue weighted by Gasteiger charge is -1.96. The van der Waals surface area contributed by atoms with Crippen molar-refractivity contribution in [3.8, 4) is 0 Å². The Balaban J connectivity index is 3.32. The van der Waals surface area contributed by atoms with Crippen LogP contribution in [-0.2, 0) is 6.61 Å². The second-order valence-electron chi connectivity index (χ2n) is 2.22. The molecule has 0 atom stereocenters. The molecule has 2 N–H and O–H groups in total. The van der Waals surface area contributed by atoms with Gasteiger partial charge < -0.3 is 10.3 Å². The van der Waals surface area contributed by atoms with Gasteiger partial charge in [0.15, 0.2) is 0 Å². The van der Waals surface area contributed by atoms with E-state index in [1.54, 1.807) is 6.92 Å². The van der Waals surface area contributed by atoms with Crippen LogP contribution in [0.15, 0.2) is 12.4 Å². The van der Waals surface area contributed by atoms with Crippen molar-refractivity contribution in [2.24, 2.45) is 0 Å². The molecular weight excluding hydrogens is 148 g/mol. The van der Waals surface area contributed by atoms with Crippen molar-refractivity contribution in [2.75, 3.05) is 0 Å². The van der Waals surface area contributed by atoms with Gasteiger partial charge in [-0.05, 0) is 6.92 Å². The molecule has 0 saturated carbocycles. The molecule has 0 unspecified atom stereocenters. The summed E-state index contributed by atoms with van der Waals surface area (Å²) in [6.45, 7) is 1.19. The average Bonchev–Trinajstić information content (AvgIpc) is 1.97. The lowest BCUT2D eigenvalue weighted by molar-refractivity contribution is -0.510. The summed E-state index contributed by atoms with van der Waals surface area (Å²) in [5.41, 5.74) is 0.523. The van der Waals surface area contributed by atoms with Crippen molar-refractivity contribution < 1.29 is 14.7 Å². The van der Waals surface area contributed by atoms with Crippen LogP contribution in [0.1, 0.15) is 11.4 Å². The highest BCUT2D eigenvalue weighted by Crippen LogP contribution is 1.93. The Morgan fingerprint density at radius 1 is 1.73 bits per heavy atom. The van der Waals surface area contributed by atoms with Gasteiger partial charge in [0.1, 0.15) is 18.5 Å². The van der Waals surface area contributed by atoms with E-state index in [0.717, 1.165) is 4.73 Å². The zero-order valence-electron chi connectivity index (χ0n) is 6.06. The second-order valence-corrected chi connectivity index (χ2v) is 2.22. The Bertz CT molecular complexity index is 318. The number of hydrogen-bond donors (Lipinski definition) is 2. The van der Waals surface area contributed by atoms with Gasteiger partial charge in [0.05, 0.1) is 4.43 Å². The van der Waals surface area contributed by atoms with Gasteiger partial charge in [-0.15, -0.1) is 0 Å². The van der Waals surface area contributed by atoms with E-state index in [0.29, 0.717) is 10.1 Å². The molecule has 0 aliphatic carbocycles. The van der Waals surface area contributed by atoms with Crippen LogP contribution in [0.25, 0.3) is 0 Å². The normalized spacial score (nSPS) is 10.0. The molecule has 60 valence electrons. The van der Waals surface area contributed by atoms with Crippen molar-refractivity contribution in [1.82, 2.24) is 4.73 Å². The predicted molar refractivity (Wildman–Crippen MR) is 35.6 cm³/mol. The topological polar surface area (TPSA) is 68.4 Å². The van der Waals surface area contributed by atoms with E-state index in [1.807, 2.05) is 0 Å². The molecule has 0 spiro atoms. The van der Waals surface area contributed by atoms with E-state index in [1.165, 1.54) is 12.4 Å². The van der Waals surface area contributed by atoms with E-state index < -0.39 is 0 Å². The molecule has 0 aliphatic rings. The average molecular weight is 157 g/mol. The van der Waals surface area contributed by atoms with E-state index in [9.17, 15) is 4.91 Å². The fourth-order valence-corrected chi connectivity index (χ4v) is 0.722. The Hall–Kier alpha value is -1.36. The van der Waals surface area contributed by atoms with E-state index >= 15 is 0 Å². The largest absolute Gasteiger partial charge is 0.428 e. The number of hydrogen-bond acceptors (Lipinski definition) is 3. The molecular formula is C6H9N2O3+. The number of aromatic nitrogens is 2. The molecule has 0 saturated heterocycles. The van der Waals surface area contributed by atoms with Gasteiger partial charge in [-0.25, -0.2) is 0 Å². The number of aliphatic hydroxyl groups is 1. The third-order valence-corrected chi connectivity index (χ3v) is 1.38. The fraction of sp³-hybridized carbons (Fsp3) is 0.333. The van der Waals surface area contributed by atoms with Crippen LogP contribution in [0.5, 0.6) is 0 Å². The standard InChI is InChI=1S/C6H9N2O3/c1-5-2-8(11)6(4-9)3-7(5)10/h2-3,9-10H,4H2,1H3/q+1. The van der Waals surface area contributed by atoms with E-state index in [2.05, 4.69) is 0 Å². The molecule has 0 fully saturated rings. The molecule has 0 aliphatic heterocycles. The van der Waals surface area contributed by atoms with Gasteiger partial charge >= 0.3 is 0 Å². The maximum Gasteiger partial charge on any atom is 0.284 e.